The van der Waals surface area contributed by atoms with Crippen LogP contribution in [-0.2, 0) is 9.84 Å². The average molecular weight is 345 g/mol. The highest BCUT2D eigenvalue weighted by Gasteiger charge is 2.28. The summed E-state index contributed by atoms with van der Waals surface area (Å²) in [5, 5.41) is 3.63. The summed E-state index contributed by atoms with van der Waals surface area (Å²) in [6, 6.07) is 11.1. The number of sulfone groups is 1. The Labute approximate surface area is 139 Å². The summed E-state index contributed by atoms with van der Waals surface area (Å²) in [7, 11) is -0.757. The number of hydrogen-bond donors (Lipinski definition) is 1. The van der Waals surface area contributed by atoms with E-state index in [2.05, 4.69) is 5.32 Å². The lowest BCUT2D eigenvalue weighted by molar-refractivity contribution is 0.0980. The van der Waals surface area contributed by atoms with Gasteiger partial charge in [0.15, 0.2) is 11.5 Å². The molecule has 0 bridgehead atoms. The first kappa shape index (κ1) is 16.1. The van der Waals surface area contributed by atoms with Crippen LogP contribution >= 0.6 is 0 Å². The largest absolute Gasteiger partial charge is 0.493 e. The van der Waals surface area contributed by atoms with Crippen LogP contribution in [0.3, 0.4) is 0 Å². The van der Waals surface area contributed by atoms with Crippen molar-refractivity contribution in [2.24, 2.45) is 0 Å². The molecule has 2 aromatic rings. The maximum absolute atomic E-state index is 12.5. The molecule has 0 saturated carbocycles. The Kier molecular flexibility index (Phi) is 4.02. The Morgan fingerprint density at radius 3 is 2.12 bits per heavy atom. The minimum atomic E-state index is -3.69. The second-order valence-corrected chi connectivity index (χ2v) is 6.89. The second kappa shape index (κ2) is 6.01. The van der Waals surface area contributed by atoms with Crippen LogP contribution in [0.25, 0.3) is 5.70 Å². The van der Waals surface area contributed by atoms with Crippen molar-refractivity contribution in [2.75, 3.05) is 14.2 Å². The van der Waals surface area contributed by atoms with Crippen molar-refractivity contribution in [2.45, 2.75) is 4.90 Å². The molecule has 0 unspecified atom stereocenters. The quantitative estimate of drug-likeness (QED) is 0.919. The molecule has 3 rings (SSSR count). The zero-order chi connectivity index (χ0) is 17.3. The number of hydrogen-bond acceptors (Lipinski definition) is 5. The molecule has 6 nitrogen and oxygen atoms in total. The van der Waals surface area contributed by atoms with Gasteiger partial charge < -0.3 is 14.8 Å². The number of amides is 1. The minimum absolute atomic E-state index is 0.153. The highest BCUT2D eigenvalue weighted by molar-refractivity contribution is 7.94. The Bertz CT molecular complexity index is 933. The first-order chi connectivity index (χ1) is 11.5. The summed E-state index contributed by atoms with van der Waals surface area (Å²) in [5.74, 6) is 0.426. The standard InChI is InChI=1S/C17H15NO5S/c1-22-15-8-12-13(9-16(15)23-2)17(19)18-14(12)10-24(20,21)11-6-4-3-5-7-11/h3-10H,1-2H3,(H,18,19)/b14-10-. The Morgan fingerprint density at radius 2 is 1.54 bits per heavy atom. The normalized spacial score (nSPS) is 15.1. The average Bonchev–Trinajstić information content (AvgIpc) is 2.89. The summed E-state index contributed by atoms with van der Waals surface area (Å²) in [6.45, 7) is 0. The third kappa shape index (κ3) is 2.74. The summed E-state index contributed by atoms with van der Waals surface area (Å²) in [5.41, 5.74) is 0.999. The zero-order valence-corrected chi connectivity index (χ0v) is 13.9. The number of benzene rings is 2. The highest BCUT2D eigenvalue weighted by Crippen LogP contribution is 2.36. The number of nitrogens with one attached hydrogen (secondary N) is 1. The second-order valence-electron chi connectivity index (χ2n) is 5.10. The third-order valence-electron chi connectivity index (χ3n) is 3.65. The van der Waals surface area contributed by atoms with Crippen LogP contribution in [0, 0.1) is 0 Å². The smallest absolute Gasteiger partial charge is 0.256 e. The predicted molar refractivity (Wildman–Crippen MR) is 88.6 cm³/mol. The fourth-order valence-corrected chi connectivity index (χ4v) is 3.64. The molecule has 1 aliphatic heterocycles. The molecular weight excluding hydrogens is 330 g/mol. The van der Waals surface area contributed by atoms with E-state index >= 15 is 0 Å². The number of ether oxygens (including phenoxy) is 2. The molecule has 24 heavy (non-hydrogen) atoms. The van der Waals surface area contributed by atoms with Gasteiger partial charge in [-0.25, -0.2) is 8.42 Å². The SMILES string of the molecule is COc1cc2c(cc1OC)/C(=C/S(=O)(=O)c1ccccc1)NC2=O. The van der Waals surface area contributed by atoms with Gasteiger partial charge in [-0.05, 0) is 24.3 Å². The molecule has 1 aliphatic rings. The molecule has 2 aromatic carbocycles. The van der Waals surface area contributed by atoms with Crippen molar-refractivity contribution in [1.29, 1.82) is 0 Å². The number of fused-ring (bicyclic) bond motifs is 1. The van der Waals surface area contributed by atoms with Gasteiger partial charge in [-0.15, -0.1) is 0 Å². The van der Waals surface area contributed by atoms with Gasteiger partial charge in [0.2, 0.25) is 9.84 Å². The van der Waals surface area contributed by atoms with Crippen LogP contribution < -0.4 is 14.8 Å². The molecule has 0 radical (unpaired) electrons. The topological polar surface area (TPSA) is 81.7 Å². The molecular formula is C17H15NO5S. The molecule has 0 atom stereocenters. The summed E-state index contributed by atoms with van der Waals surface area (Å²) in [4.78, 5) is 12.3. The van der Waals surface area contributed by atoms with Crippen molar-refractivity contribution in [1.82, 2.24) is 5.32 Å². The van der Waals surface area contributed by atoms with Crippen molar-refractivity contribution < 1.29 is 22.7 Å². The van der Waals surface area contributed by atoms with Gasteiger partial charge in [-0.2, -0.15) is 0 Å². The lowest BCUT2D eigenvalue weighted by Gasteiger charge is -2.09. The molecule has 1 N–H and O–H groups in total. The van der Waals surface area contributed by atoms with E-state index in [0.29, 0.717) is 22.6 Å². The zero-order valence-electron chi connectivity index (χ0n) is 13.1. The summed E-state index contributed by atoms with van der Waals surface area (Å²) >= 11 is 0. The minimum Gasteiger partial charge on any atom is -0.493 e. The van der Waals surface area contributed by atoms with Crippen LogP contribution in [0.2, 0.25) is 0 Å². The lowest BCUT2D eigenvalue weighted by Crippen LogP contribution is -2.13. The Hall–Kier alpha value is -2.80. The molecule has 1 heterocycles. The van der Waals surface area contributed by atoms with Crippen molar-refractivity contribution in [3.63, 3.8) is 0 Å². The predicted octanol–water partition coefficient (Wildman–Crippen LogP) is 2.22. The molecule has 7 heteroatoms. The molecule has 0 aliphatic carbocycles. The van der Waals surface area contributed by atoms with E-state index < -0.39 is 9.84 Å². The maximum Gasteiger partial charge on any atom is 0.256 e. The fourth-order valence-electron chi connectivity index (χ4n) is 2.47. The Balaban J connectivity index is 2.12. The molecule has 0 spiro atoms. The van der Waals surface area contributed by atoms with Gasteiger partial charge in [0.25, 0.3) is 5.91 Å². The molecule has 1 amide bonds. The highest BCUT2D eigenvalue weighted by atomic mass is 32.2. The molecule has 124 valence electrons. The van der Waals surface area contributed by atoms with Gasteiger partial charge >= 0.3 is 0 Å². The fraction of sp³-hybridized carbons (Fsp3) is 0.118. The first-order valence-corrected chi connectivity index (χ1v) is 8.60. The number of carbonyl (C=O) groups excluding carboxylic acids is 1. The van der Waals surface area contributed by atoms with Crippen LogP contribution in [-0.4, -0.2) is 28.5 Å². The van der Waals surface area contributed by atoms with Gasteiger partial charge in [0, 0.05) is 5.56 Å². The van der Waals surface area contributed by atoms with E-state index in [1.807, 2.05) is 0 Å². The lowest BCUT2D eigenvalue weighted by atomic mass is 10.1. The molecule has 0 aromatic heterocycles. The number of carbonyl (C=O) groups is 1. The third-order valence-corrected chi connectivity index (χ3v) is 5.13. The maximum atomic E-state index is 12.5. The van der Waals surface area contributed by atoms with Crippen molar-refractivity contribution >= 4 is 21.4 Å². The van der Waals surface area contributed by atoms with Crippen LogP contribution in [0.4, 0.5) is 0 Å². The van der Waals surface area contributed by atoms with E-state index in [1.54, 1.807) is 24.3 Å². The number of rotatable bonds is 4. The van der Waals surface area contributed by atoms with E-state index in [-0.39, 0.29) is 16.5 Å². The molecule has 0 saturated heterocycles. The monoisotopic (exact) mass is 345 g/mol. The van der Waals surface area contributed by atoms with Crippen LogP contribution in [0.5, 0.6) is 11.5 Å². The van der Waals surface area contributed by atoms with Gasteiger partial charge in [-0.3, -0.25) is 4.79 Å². The van der Waals surface area contributed by atoms with Crippen molar-refractivity contribution in [3.05, 3.63) is 59.0 Å². The van der Waals surface area contributed by atoms with E-state index in [0.717, 1.165) is 5.41 Å². The van der Waals surface area contributed by atoms with Crippen LogP contribution in [0.15, 0.2) is 52.8 Å². The Morgan fingerprint density at radius 1 is 0.958 bits per heavy atom. The van der Waals surface area contributed by atoms with Gasteiger partial charge in [0.05, 0.1) is 35.8 Å². The first-order valence-electron chi connectivity index (χ1n) is 7.06. The summed E-state index contributed by atoms with van der Waals surface area (Å²) in [6.07, 6.45) is 0. The number of methoxy groups -OCH3 is 2. The van der Waals surface area contributed by atoms with E-state index in [1.165, 1.54) is 32.4 Å². The van der Waals surface area contributed by atoms with Crippen LogP contribution in [0.1, 0.15) is 15.9 Å². The van der Waals surface area contributed by atoms with E-state index in [4.69, 9.17) is 9.47 Å². The molecule has 0 fully saturated rings. The van der Waals surface area contributed by atoms with E-state index in [9.17, 15) is 13.2 Å². The van der Waals surface area contributed by atoms with Crippen molar-refractivity contribution in [3.8, 4) is 11.5 Å². The van der Waals surface area contributed by atoms with Gasteiger partial charge in [-0.1, -0.05) is 18.2 Å². The van der Waals surface area contributed by atoms with Gasteiger partial charge in [0.1, 0.15) is 0 Å². The summed E-state index contributed by atoms with van der Waals surface area (Å²) < 4.78 is 35.4.